The highest BCUT2D eigenvalue weighted by Gasteiger charge is 2.20. The highest BCUT2D eigenvalue weighted by Crippen LogP contribution is 2.20. The Kier molecular flexibility index (Phi) is 8.11. The van der Waals surface area contributed by atoms with Crippen LogP contribution in [0.25, 0.3) is 0 Å². The maximum atomic E-state index is 10.3. The molecule has 0 bridgehead atoms. The lowest BCUT2D eigenvalue weighted by Gasteiger charge is -2.34. The van der Waals surface area contributed by atoms with Gasteiger partial charge in [-0.05, 0) is 50.2 Å². The summed E-state index contributed by atoms with van der Waals surface area (Å²) in [6.07, 6.45) is 1.46. The topological polar surface area (TPSA) is 63.0 Å². The lowest BCUT2D eigenvalue weighted by molar-refractivity contribution is 0.0470. The molecule has 2 aliphatic heterocycles. The van der Waals surface area contributed by atoms with Gasteiger partial charge in [0, 0.05) is 45.2 Å². The van der Waals surface area contributed by atoms with Crippen LogP contribution >= 0.6 is 0 Å². The normalized spacial score (nSPS) is 21.3. The predicted octanol–water partition coefficient (Wildman–Crippen LogP) is 1.80. The van der Waals surface area contributed by atoms with Gasteiger partial charge in [-0.1, -0.05) is 19.1 Å². The van der Waals surface area contributed by atoms with Gasteiger partial charge in [0.1, 0.15) is 18.5 Å². The van der Waals surface area contributed by atoms with Crippen LogP contribution in [0.2, 0.25) is 0 Å². The lowest BCUT2D eigenvalue weighted by atomic mass is 9.98. The summed E-state index contributed by atoms with van der Waals surface area (Å²) in [5.74, 6) is 1.04. The quantitative estimate of drug-likeness (QED) is 0.735. The number of nitriles is 1. The number of aliphatic hydroxyl groups is 1. The highest BCUT2D eigenvalue weighted by molar-refractivity contribution is 5.28. The molecule has 0 aromatic heterocycles. The van der Waals surface area contributed by atoms with Crippen molar-refractivity contribution >= 4 is 0 Å². The van der Waals surface area contributed by atoms with E-state index in [1.165, 1.54) is 5.56 Å². The monoisotopic (exact) mass is 386 g/mol. The van der Waals surface area contributed by atoms with E-state index in [2.05, 4.69) is 39.8 Å². The van der Waals surface area contributed by atoms with Gasteiger partial charge in [-0.25, -0.2) is 0 Å². The molecule has 154 valence electrons. The first-order chi connectivity index (χ1) is 13.7. The van der Waals surface area contributed by atoms with Gasteiger partial charge in [-0.2, -0.15) is 5.26 Å². The second-order valence-electron chi connectivity index (χ2n) is 8.03. The highest BCUT2D eigenvalue weighted by atomic mass is 16.5. The van der Waals surface area contributed by atoms with Gasteiger partial charge in [-0.15, -0.1) is 0 Å². The average Bonchev–Trinajstić information content (AvgIpc) is 2.74. The van der Waals surface area contributed by atoms with Crippen molar-refractivity contribution in [3.63, 3.8) is 0 Å². The van der Waals surface area contributed by atoms with Crippen molar-refractivity contribution in [2.24, 2.45) is 5.92 Å². The van der Waals surface area contributed by atoms with Crippen LogP contribution in [0.4, 0.5) is 0 Å². The van der Waals surface area contributed by atoms with E-state index in [9.17, 15) is 5.11 Å². The zero-order chi connectivity index (χ0) is 19.8. The van der Waals surface area contributed by atoms with Crippen LogP contribution in [-0.4, -0.2) is 84.9 Å². The van der Waals surface area contributed by atoms with Gasteiger partial charge < -0.3 is 14.7 Å². The SMILES string of the molecule is CCN1CCN(C[C@H](O)COc2cccc(CN3CCC(C#N)CC3)c2)CC1. The third kappa shape index (κ3) is 6.46. The van der Waals surface area contributed by atoms with Gasteiger partial charge in [0.25, 0.3) is 0 Å². The third-order valence-corrected chi connectivity index (χ3v) is 5.90. The fraction of sp³-hybridized carbons (Fsp3) is 0.682. The second kappa shape index (κ2) is 10.8. The van der Waals surface area contributed by atoms with Crippen molar-refractivity contribution in [2.45, 2.75) is 32.4 Å². The molecule has 1 N–H and O–H groups in total. The predicted molar refractivity (Wildman–Crippen MR) is 110 cm³/mol. The Bertz CT molecular complexity index is 632. The fourth-order valence-electron chi connectivity index (χ4n) is 4.04. The van der Waals surface area contributed by atoms with Gasteiger partial charge in [0.2, 0.25) is 0 Å². The molecule has 2 fully saturated rings. The molecule has 0 aliphatic carbocycles. The number of piperidine rings is 1. The summed E-state index contributed by atoms with van der Waals surface area (Å²) in [6, 6.07) is 10.5. The average molecular weight is 387 g/mol. The molecular formula is C22H34N4O2. The number of hydrogen-bond acceptors (Lipinski definition) is 6. The number of rotatable bonds is 8. The van der Waals surface area contributed by atoms with Crippen LogP contribution < -0.4 is 4.74 Å². The molecule has 6 heteroatoms. The molecule has 0 unspecified atom stereocenters. The molecule has 1 aromatic carbocycles. The van der Waals surface area contributed by atoms with Crippen LogP contribution in [0.1, 0.15) is 25.3 Å². The molecule has 1 aromatic rings. The Morgan fingerprint density at radius 1 is 1.11 bits per heavy atom. The number of nitrogens with zero attached hydrogens (tertiary/aromatic N) is 4. The Balaban J connectivity index is 1.40. The summed E-state index contributed by atoms with van der Waals surface area (Å²) >= 11 is 0. The summed E-state index contributed by atoms with van der Waals surface area (Å²) in [7, 11) is 0. The smallest absolute Gasteiger partial charge is 0.119 e. The van der Waals surface area contributed by atoms with Crippen LogP contribution in [0.15, 0.2) is 24.3 Å². The Morgan fingerprint density at radius 3 is 2.50 bits per heavy atom. The van der Waals surface area contributed by atoms with E-state index < -0.39 is 6.10 Å². The number of likely N-dealkylation sites (tertiary alicyclic amines) is 1. The van der Waals surface area contributed by atoms with Crippen LogP contribution in [-0.2, 0) is 6.54 Å². The summed E-state index contributed by atoms with van der Waals surface area (Å²) < 4.78 is 5.87. The van der Waals surface area contributed by atoms with E-state index in [1.807, 2.05) is 12.1 Å². The molecule has 0 spiro atoms. The lowest BCUT2D eigenvalue weighted by Crippen LogP contribution is -2.49. The number of β-amino-alcohol motifs (C(OH)–C–C–N with tert-alkyl or cyclic N) is 1. The minimum Gasteiger partial charge on any atom is -0.491 e. The van der Waals surface area contributed by atoms with Crippen LogP contribution in [0.5, 0.6) is 5.75 Å². The minimum atomic E-state index is -0.471. The first-order valence-electron chi connectivity index (χ1n) is 10.6. The number of hydrogen-bond donors (Lipinski definition) is 1. The molecule has 2 heterocycles. The molecule has 2 aliphatic rings. The fourth-order valence-corrected chi connectivity index (χ4v) is 4.04. The van der Waals surface area contributed by atoms with Crippen molar-refractivity contribution in [3.8, 4) is 11.8 Å². The number of likely N-dealkylation sites (N-methyl/N-ethyl adjacent to an activating group) is 1. The van der Waals surface area contributed by atoms with Gasteiger partial charge in [0.05, 0.1) is 6.07 Å². The van der Waals surface area contributed by atoms with E-state index >= 15 is 0 Å². The zero-order valence-electron chi connectivity index (χ0n) is 17.1. The van der Waals surface area contributed by atoms with Gasteiger partial charge in [0.15, 0.2) is 0 Å². The van der Waals surface area contributed by atoms with E-state index in [-0.39, 0.29) is 5.92 Å². The molecular weight excluding hydrogens is 352 g/mol. The van der Waals surface area contributed by atoms with Gasteiger partial charge in [-0.3, -0.25) is 9.80 Å². The second-order valence-corrected chi connectivity index (χ2v) is 8.03. The molecule has 6 nitrogen and oxygen atoms in total. The molecule has 0 radical (unpaired) electrons. The number of piperazine rings is 1. The molecule has 2 saturated heterocycles. The molecule has 3 rings (SSSR count). The van der Waals surface area contributed by atoms with Crippen LogP contribution in [0.3, 0.4) is 0 Å². The summed E-state index contributed by atoms with van der Waals surface area (Å²) in [4.78, 5) is 7.16. The number of benzene rings is 1. The molecule has 0 amide bonds. The number of ether oxygens (including phenoxy) is 1. The largest absolute Gasteiger partial charge is 0.491 e. The Hall–Kier alpha value is -1.65. The molecule has 28 heavy (non-hydrogen) atoms. The summed E-state index contributed by atoms with van der Waals surface area (Å²) in [6.45, 7) is 11.3. The van der Waals surface area contributed by atoms with Crippen molar-refractivity contribution in [1.29, 1.82) is 5.26 Å². The van der Waals surface area contributed by atoms with Crippen LogP contribution in [0, 0.1) is 17.2 Å². The molecule has 1 atom stereocenters. The van der Waals surface area contributed by atoms with E-state index in [4.69, 9.17) is 10.00 Å². The Labute approximate surface area is 169 Å². The van der Waals surface area contributed by atoms with Crippen molar-refractivity contribution in [3.05, 3.63) is 29.8 Å². The van der Waals surface area contributed by atoms with E-state index in [1.54, 1.807) is 0 Å². The maximum Gasteiger partial charge on any atom is 0.119 e. The van der Waals surface area contributed by atoms with Crippen molar-refractivity contribution < 1.29 is 9.84 Å². The minimum absolute atomic E-state index is 0.220. The maximum absolute atomic E-state index is 10.3. The van der Waals surface area contributed by atoms with Crippen molar-refractivity contribution in [2.75, 3.05) is 59.0 Å². The van der Waals surface area contributed by atoms with Gasteiger partial charge >= 0.3 is 0 Å². The van der Waals surface area contributed by atoms with E-state index in [0.717, 1.165) is 70.9 Å². The standard InChI is InChI=1S/C22H34N4O2/c1-2-24-10-12-26(13-11-24)17-21(27)18-28-22-5-3-4-20(14-22)16-25-8-6-19(15-23)7-9-25/h3-5,14,19,21,27H,2,6-13,16-18H2,1H3/t21-/m0/s1. The first-order valence-corrected chi connectivity index (χ1v) is 10.6. The number of aliphatic hydroxyl groups excluding tert-OH is 1. The summed E-state index contributed by atoms with van der Waals surface area (Å²) in [5.41, 5.74) is 1.22. The summed E-state index contributed by atoms with van der Waals surface area (Å²) in [5, 5.41) is 19.4. The first kappa shape index (κ1) is 21.1. The molecule has 0 saturated carbocycles. The Morgan fingerprint density at radius 2 is 1.82 bits per heavy atom. The van der Waals surface area contributed by atoms with Crippen molar-refractivity contribution in [1.82, 2.24) is 14.7 Å². The third-order valence-electron chi connectivity index (χ3n) is 5.90. The van der Waals surface area contributed by atoms with E-state index in [0.29, 0.717) is 13.2 Å². The zero-order valence-corrected chi connectivity index (χ0v) is 17.1.